The SMILES string of the molecule is CC(C)Cc1cc(C(=O)O)n(-c2ccc(F)cc2F)n1. The van der Waals surface area contributed by atoms with Gasteiger partial charge in [-0.2, -0.15) is 5.10 Å². The third kappa shape index (κ3) is 2.84. The van der Waals surface area contributed by atoms with Crippen LogP contribution in [0.1, 0.15) is 30.0 Å². The number of nitrogens with zero attached hydrogens (tertiary/aromatic N) is 2. The van der Waals surface area contributed by atoms with Crippen LogP contribution in [0, 0.1) is 17.6 Å². The maximum absolute atomic E-state index is 13.8. The monoisotopic (exact) mass is 280 g/mol. The van der Waals surface area contributed by atoms with Crippen LogP contribution in [-0.4, -0.2) is 20.9 Å². The molecular weight excluding hydrogens is 266 g/mol. The second-order valence-corrected chi connectivity index (χ2v) is 4.93. The Morgan fingerprint density at radius 2 is 2.05 bits per heavy atom. The van der Waals surface area contributed by atoms with E-state index in [-0.39, 0.29) is 17.3 Å². The van der Waals surface area contributed by atoms with Crippen LogP contribution < -0.4 is 0 Å². The predicted molar refractivity (Wildman–Crippen MR) is 69.0 cm³/mol. The number of aromatic nitrogens is 2. The van der Waals surface area contributed by atoms with Crippen molar-refractivity contribution in [2.24, 2.45) is 5.92 Å². The summed E-state index contributed by atoms with van der Waals surface area (Å²) in [6.45, 7) is 3.94. The molecule has 0 bridgehead atoms. The number of carbonyl (C=O) groups is 1. The Bertz CT molecular complexity index is 651. The Kier molecular flexibility index (Phi) is 3.83. The molecule has 6 heteroatoms. The molecule has 106 valence electrons. The molecule has 0 spiro atoms. The molecule has 20 heavy (non-hydrogen) atoms. The largest absolute Gasteiger partial charge is 0.477 e. The second-order valence-electron chi connectivity index (χ2n) is 4.93. The van der Waals surface area contributed by atoms with E-state index in [9.17, 15) is 13.6 Å². The van der Waals surface area contributed by atoms with Crippen LogP contribution >= 0.6 is 0 Å². The fourth-order valence-electron chi connectivity index (χ4n) is 1.94. The number of halogens is 2. The van der Waals surface area contributed by atoms with Gasteiger partial charge in [0.25, 0.3) is 0 Å². The minimum absolute atomic E-state index is 0.0844. The standard InChI is InChI=1S/C14H14F2N2O2/c1-8(2)5-10-7-13(14(19)20)18(17-10)12-4-3-9(15)6-11(12)16/h3-4,6-8H,5H2,1-2H3,(H,19,20). The van der Waals surface area contributed by atoms with Gasteiger partial charge in [0.2, 0.25) is 0 Å². The molecule has 0 saturated carbocycles. The maximum atomic E-state index is 13.8. The number of aromatic carboxylic acids is 1. The molecule has 4 nitrogen and oxygen atoms in total. The lowest BCUT2D eigenvalue weighted by Gasteiger charge is -2.06. The van der Waals surface area contributed by atoms with Crippen LogP contribution in [-0.2, 0) is 6.42 Å². The smallest absolute Gasteiger partial charge is 0.354 e. The summed E-state index contributed by atoms with van der Waals surface area (Å²) in [7, 11) is 0. The van der Waals surface area contributed by atoms with Crippen molar-refractivity contribution in [1.82, 2.24) is 9.78 Å². The van der Waals surface area contributed by atoms with E-state index in [1.807, 2.05) is 13.8 Å². The van der Waals surface area contributed by atoms with Crippen LogP contribution in [0.4, 0.5) is 8.78 Å². The number of hydrogen-bond acceptors (Lipinski definition) is 2. The normalized spacial score (nSPS) is 11.1. The summed E-state index contributed by atoms with van der Waals surface area (Å²) in [5, 5.41) is 13.3. The fraction of sp³-hybridized carbons (Fsp3) is 0.286. The molecule has 0 aliphatic carbocycles. The number of carboxylic acid groups (broad SMARTS) is 1. The van der Waals surface area contributed by atoms with E-state index in [1.165, 1.54) is 12.1 Å². The van der Waals surface area contributed by atoms with Gasteiger partial charge in [-0.05, 0) is 30.5 Å². The Morgan fingerprint density at radius 3 is 2.60 bits per heavy atom. The minimum Gasteiger partial charge on any atom is -0.477 e. The van der Waals surface area contributed by atoms with Crippen LogP contribution in [0.25, 0.3) is 5.69 Å². The number of carboxylic acids is 1. The van der Waals surface area contributed by atoms with Crippen LogP contribution in [0.15, 0.2) is 24.3 Å². The van der Waals surface area contributed by atoms with Crippen molar-refractivity contribution in [1.29, 1.82) is 0 Å². The first-order valence-corrected chi connectivity index (χ1v) is 6.16. The lowest BCUT2D eigenvalue weighted by atomic mass is 10.1. The van der Waals surface area contributed by atoms with Crippen LogP contribution in [0.5, 0.6) is 0 Å². The first-order valence-electron chi connectivity index (χ1n) is 6.16. The molecule has 0 amide bonds. The third-order valence-corrected chi connectivity index (χ3v) is 2.73. The van der Waals surface area contributed by atoms with E-state index in [2.05, 4.69) is 5.10 Å². The lowest BCUT2D eigenvalue weighted by Crippen LogP contribution is -2.09. The Labute approximate surface area is 114 Å². The Morgan fingerprint density at radius 1 is 1.35 bits per heavy atom. The summed E-state index contributed by atoms with van der Waals surface area (Å²) >= 11 is 0. The first-order chi connectivity index (χ1) is 9.38. The Balaban J connectivity index is 2.54. The van der Waals surface area contributed by atoms with Gasteiger partial charge in [0.05, 0.1) is 5.69 Å². The van der Waals surface area contributed by atoms with Crippen molar-refractivity contribution >= 4 is 5.97 Å². The highest BCUT2D eigenvalue weighted by Crippen LogP contribution is 2.19. The van der Waals surface area contributed by atoms with E-state index >= 15 is 0 Å². The van der Waals surface area contributed by atoms with E-state index in [0.29, 0.717) is 18.2 Å². The van der Waals surface area contributed by atoms with Crippen molar-refractivity contribution in [3.05, 3.63) is 47.3 Å². The van der Waals surface area contributed by atoms with Crippen LogP contribution in [0.3, 0.4) is 0 Å². The zero-order valence-electron chi connectivity index (χ0n) is 11.1. The quantitative estimate of drug-likeness (QED) is 0.936. The molecule has 0 unspecified atom stereocenters. The highest BCUT2D eigenvalue weighted by atomic mass is 19.1. The summed E-state index contributed by atoms with van der Waals surface area (Å²) in [5.74, 6) is -2.50. The van der Waals surface area contributed by atoms with Gasteiger partial charge in [0, 0.05) is 6.07 Å². The van der Waals surface area contributed by atoms with Crippen molar-refractivity contribution in [2.45, 2.75) is 20.3 Å². The van der Waals surface area contributed by atoms with E-state index in [1.54, 1.807) is 0 Å². The summed E-state index contributed by atoms with van der Waals surface area (Å²) < 4.78 is 27.7. The Hall–Kier alpha value is -2.24. The molecule has 0 saturated heterocycles. The molecule has 2 rings (SSSR count). The number of hydrogen-bond donors (Lipinski definition) is 1. The van der Waals surface area contributed by atoms with Gasteiger partial charge in [-0.25, -0.2) is 18.3 Å². The fourth-order valence-corrected chi connectivity index (χ4v) is 1.94. The van der Waals surface area contributed by atoms with E-state index < -0.39 is 17.6 Å². The van der Waals surface area contributed by atoms with Gasteiger partial charge in [-0.1, -0.05) is 13.8 Å². The van der Waals surface area contributed by atoms with Crippen molar-refractivity contribution in [2.75, 3.05) is 0 Å². The summed E-state index contributed by atoms with van der Waals surface area (Å²) in [6, 6.07) is 4.34. The zero-order chi connectivity index (χ0) is 14.9. The molecule has 0 radical (unpaired) electrons. The van der Waals surface area contributed by atoms with Crippen molar-refractivity contribution in [3.8, 4) is 5.69 Å². The third-order valence-electron chi connectivity index (χ3n) is 2.73. The predicted octanol–water partition coefficient (Wildman–Crippen LogP) is 3.05. The molecule has 1 aromatic carbocycles. The average Bonchev–Trinajstić information content (AvgIpc) is 2.71. The highest BCUT2D eigenvalue weighted by Gasteiger charge is 2.18. The first kappa shape index (κ1) is 14.2. The van der Waals surface area contributed by atoms with Gasteiger partial charge in [-0.3, -0.25) is 0 Å². The maximum Gasteiger partial charge on any atom is 0.354 e. The van der Waals surface area contributed by atoms with Gasteiger partial charge >= 0.3 is 5.97 Å². The molecule has 0 aliphatic rings. The summed E-state index contributed by atoms with van der Waals surface area (Å²) in [4.78, 5) is 11.2. The lowest BCUT2D eigenvalue weighted by molar-refractivity contribution is 0.0687. The van der Waals surface area contributed by atoms with Gasteiger partial charge < -0.3 is 5.11 Å². The molecule has 0 fully saturated rings. The van der Waals surface area contributed by atoms with E-state index in [4.69, 9.17) is 5.11 Å². The zero-order valence-corrected chi connectivity index (χ0v) is 11.1. The van der Waals surface area contributed by atoms with Gasteiger partial charge in [-0.15, -0.1) is 0 Å². The molecule has 1 N–H and O–H groups in total. The van der Waals surface area contributed by atoms with Gasteiger partial charge in [0.15, 0.2) is 11.5 Å². The average molecular weight is 280 g/mol. The number of rotatable bonds is 4. The van der Waals surface area contributed by atoms with E-state index in [0.717, 1.165) is 10.7 Å². The van der Waals surface area contributed by atoms with Crippen molar-refractivity contribution < 1.29 is 18.7 Å². The van der Waals surface area contributed by atoms with Crippen molar-refractivity contribution in [3.63, 3.8) is 0 Å². The second kappa shape index (κ2) is 5.40. The molecular formula is C14H14F2N2O2. The summed E-state index contributed by atoms with van der Waals surface area (Å²) in [5.41, 5.74) is 0.325. The summed E-state index contributed by atoms with van der Waals surface area (Å²) in [6.07, 6.45) is 0.579. The number of benzene rings is 1. The van der Waals surface area contributed by atoms with Gasteiger partial charge in [0.1, 0.15) is 11.5 Å². The minimum atomic E-state index is -1.21. The highest BCUT2D eigenvalue weighted by molar-refractivity contribution is 5.86. The van der Waals surface area contributed by atoms with Crippen LogP contribution in [0.2, 0.25) is 0 Å². The topological polar surface area (TPSA) is 55.1 Å². The molecule has 0 aliphatic heterocycles. The molecule has 1 aromatic heterocycles. The molecule has 2 aromatic rings. The molecule has 0 atom stereocenters. The molecule has 1 heterocycles.